The molecule has 1 aliphatic heterocycles. The second kappa shape index (κ2) is 6.04. The first-order chi connectivity index (χ1) is 9.22. The van der Waals surface area contributed by atoms with Gasteiger partial charge in [-0.2, -0.15) is 4.99 Å². The van der Waals surface area contributed by atoms with Gasteiger partial charge in [0.15, 0.2) is 5.88 Å². The van der Waals surface area contributed by atoms with E-state index in [4.69, 9.17) is 15.2 Å². The molecular weight excluding hydrogens is 244 g/mol. The Kier molecular flexibility index (Phi) is 4.18. The maximum atomic E-state index is 12.0. The summed E-state index contributed by atoms with van der Waals surface area (Å²) in [6.07, 6.45) is 0.604. The Hall–Kier alpha value is -2.30. The van der Waals surface area contributed by atoms with Crippen LogP contribution in [0, 0.1) is 0 Å². The third kappa shape index (κ3) is 3.13. The average Bonchev–Trinajstić information content (AvgIpc) is 2.88. The molecule has 1 amide bonds. The first-order valence-corrected chi connectivity index (χ1v) is 6.15. The van der Waals surface area contributed by atoms with Crippen molar-refractivity contribution in [3.8, 4) is 0 Å². The van der Waals surface area contributed by atoms with Gasteiger partial charge in [0.05, 0.1) is 18.8 Å². The molecular formula is C14H16N2O3. The number of benzene rings is 1. The summed E-state index contributed by atoms with van der Waals surface area (Å²) in [5.74, 6) is 0.193. The fourth-order valence-electron chi connectivity index (χ4n) is 1.75. The molecule has 2 rings (SSSR count). The predicted molar refractivity (Wildman–Crippen MR) is 71.6 cm³/mol. The minimum absolute atomic E-state index is 0.264. The summed E-state index contributed by atoms with van der Waals surface area (Å²) in [7, 11) is 0. The molecule has 0 bridgehead atoms. The highest BCUT2D eigenvalue weighted by molar-refractivity contribution is 6.07. The maximum Gasteiger partial charge on any atom is 0.280 e. The second-order valence-corrected chi connectivity index (χ2v) is 3.96. The van der Waals surface area contributed by atoms with Crippen molar-refractivity contribution in [3.05, 3.63) is 47.4 Å². The molecule has 0 radical (unpaired) electrons. The molecule has 0 spiro atoms. The second-order valence-electron chi connectivity index (χ2n) is 3.96. The molecule has 1 aromatic rings. The minimum atomic E-state index is -0.348. The molecule has 5 nitrogen and oxygen atoms in total. The van der Waals surface area contributed by atoms with Crippen LogP contribution in [-0.4, -0.2) is 25.0 Å². The molecule has 2 N–H and O–H groups in total. The van der Waals surface area contributed by atoms with Gasteiger partial charge in [-0.25, -0.2) is 0 Å². The Morgan fingerprint density at radius 2 is 2.16 bits per heavy atom. The first-order valence-electron chi connectivity index (χ1n) is 6.15. The summed E-state index contributed by atoms with van der Waals surface area (Å²) in [6, 6.07) is 8.82. The lowest BCUT2D eigenvalue weighted by atomic mass is 10.2. The lowest BCUT2D eigenvalue weighted by Gasteiger charge is -2.05. The summed E-state index contributed by atoms with van der Waals surface area (Å²) in [5.41, 5.74) is 6.95. The molecule has 0 unspecified atom stereocenters. The third-order valence-corrected chi connectivity index (χ3v) is 2.67. The SMILES string of the molecule is CCO/C(N)=C1\CCOC1=NC(=O)c1ccccc1. The Labute approximate surface area is 111 Å². The van der Waals surface area contributed by atoms with Gasteiger partial charge < -0.3 is 15.2 Å². The van der Waals surface area contributed by atoms with Crippen molar-refractivity contribution in [2.75, 3.05) is 13.2 Å². The van der Waals surface area contributed by atoms with E-state index >= 15 is 0 Å². The highest BCUT2D eigenvalue weighted by Crippen LogP contribution is 2.18. The van der Waals surface area contributed by atoms with Crippen LogP contribution in [0.1, 0.15) is 23.7 Å². The smallest absolute Gasteiger partial charge is 0.280 e. The van der Waals surface area contributed by atoms with Crippen molar-refractivity contribution in [1.82, 2.24) is 0 Å². The monoisotopic (exact) mass is 260 g/mol. The van der Waals surface area contributed by atoms with Crippen LogP contribution < -0.4 is 5.73 Å². The topological polar surface area (TPSA) is 73.9 Å². The number of ether oxygens (including phenoxy) is 2. The van der Waals surface area contributed by atoms with Crippen LogP contribution in [0.25, 0.3) is 0 Å². The van der Waals surface area contributed by atoms with Crippen molar-refractivity contribution < 1.29 is 14.3 Å². The molecule has 0 aliphatic carbocycles. The van der Waals surface area contributed by atoms with E-state index in [1.807, 2.05) is 13.0 Å². The number of carbonyl (C=O) groups is 1. The fraction of sp³-hybridized carbons (Fsp3) is 0.286. The molecule has 1 fully saturated rings. The molecule has 5 heteroatoms. The van der Waals surface area contributed by atoms with Crippen LogP contribution in [0.4, 0.5) is 0 Å². The van der Waals surface area contributed by atoms with Gasteiger partial charge in [0, 0.05) is 12.0 Å². The van der Waals surface area contributed by atoms with Gasteiger partial charge in [0.25, 0.3) is 5.91 Å². The molecule has 19 heavy (non-hydrogen) atoms. The number of carbonyl (C=O) groups excluding carboxylic acids is 1. The molecule has 100 valence electrons. The molecule has 0 atom stereocenters. The maximum absolute atomic E-state index is 12.0. The van der Waals surface area contributed by atoms with Gasteiger partial charge in [0.1, 0.15) is 0 Å². The van der Waals surface area contributed by atoms with Crippen LogP contribution >= 0.6 is 0 Å². The third-order valence-electron chi connectivity index (χ3n) is 2.67. The van der Waals surface area contributed by atoms with E-state index in [-0.39, 0.29) is 17.7 Å². The summed E-state index contributed by atoms with van der Waals surface area (Å²) >= 11 is 0. The molecule has 1 aromatic carbocycles. The summed E-state index contributed by atoms with van der Waals surface area (Å²) in [4.78, 5) is 15.9. The highest BCUT2D eigenvalue weighted by Gasteiger charge is 2.23. The molecule has 1 heterocycles. The lowest BCUT2D eigenvalue weighted by molar-refractivity contribution is 0.1000. The Morgan fingerprint density at radius 3 is 2.84 bits per heavy atom. The number of nitrogens with zero attached hydrogens (tertiary/aromatic N) is 1. The number of rotatable bonds is 3. The van der Waals surface area contributed by atoms with Gasteiger partial charge in [-0.1, -0.05) is 18.2 Å². The van der Waals surface area contributed by atoms with Crippen LogP contribution in [-0.2, 0) is 9.47 Å². The van der Waals surface area contributed by atoms with Crippen molar-refractivity contribution >= 4 is 11.8 Å². The Morgan fingerprint density at radius 1 is 1.42 bits per heavy atom. The number of nitrogens with two attached hydrogens (primary N) is 1. The van der Waals surface area contributed by atoms with Crippen molar-refractivity contribution in [3.63, 3.8) is 0 Å². The number of hydrogen-bond acceptors (Lipinski definition) is 4. The summed E-state index contributed by atoms with van der Waals surface area (Å²) in [5, 5.41) is 0. The minimum Gasteiger partial charge on any atom is -0.479 e. The van der Waals surface area contributed by atoms with E-state index in [1.165, 1.54) is 0 Å². The quantitative estimate of drug-likeness (QED) is 0.842. The normalized spacial score (nSPS) is 19.1. The molecule has 1 aliphatic rings. The van der Waals surface area contributed by atoms with E-state index in [1.54, 1.807) is 24.3 Å². The van der Waals surface area contributed by atoms with Crippen molar-refractivity contribution in [2.45, 2.75) is 13.3 Å². The number of amides is 1. The lowest BCUT2D eigenvalue weighted by Crippen LogP contribution is -2.12. The largest absolute Gasteiger partial charge is 0.479 e. The predicted octanol–water partition coefficient (Wildman–Crippen LogP) is 1.85. The average molecular weight is 260 g/mol. The zero-order valence-electron chi connectivity index (χ0n) is 10.8. The van der Waals surface area contributed by atoms with E-state index in [0.717, 1.165) is 0 Å². The zero-order valence-corrected chi connectivity index (χ0v) is 10.8. The fourth-order valence-corrected chi connectivity index (χ4v) is 1.75. The van der Waals surface area contributed by atoms with E-state index in [9.17, 15) is 4.79 Å². The summed E-state index contributed by atoms with van der Waals surface area (Å²) < 4.78 is 10.6. The Balaban J connectivity index is 2.23. The van der Waals surface area contributed by atoms with Crippen LogP contribution in [0.15, 0.2) is 46.8 Å². The van der Waals surface area contributed by atoms with E-state index in [2.05, 4.69) is 4.99 Å². The van der Waals surface area contributed by atoms with Crippen molar-refractivity contribution in [1.29, 1.82) is 0 Å². The molecule has 0 aromatic heterocycles. The van der Waals surface area contributed by atoms with Crippen LogP contribution in [0.5, 0.6) is 0 Å². The van der Waals surface area contributed by atoms with Gasteiger partial charge in [0.2, 0.25) is 5.90 Å². The zero-order chi connectivity index (χ0) is 13.7. The summed E-state index contributed by atoms with van der Waals surface area (Å²) in [6.45, 7) is 2.77. The highest BCUT2D eigenvalue weighted by atomic mass is 16.5. The van der Waals surface area contributed by atoms with Gasteiger partial charge in [-0.15, -0.1) is 0 Å². The van der Waals surface area contributed by atoms with Crippen LogP contribution in [0.3, 0.4) is 0 Å². The van der Waals surface area contributed by atoms with Gasteiger partial charge >= 0.3 is 0 Å². The van der Waals surface area contributed by atoms with E-state index < -0.39 is 0 Å². The molecule has 0 saturated carbocycles. The van der Waals surface area contributed by atoms with Gasteiger partial charge in [-0.05, 0) is 19.1 Å². The standard InChI is InChI=1S/C14H16N2O3/c1-2-18-12(15)11-8-9-19-14(11)16-13(17)10-6-4-3-5-7-10/h3-7H,2,8-9,15H2,1H3/b12-11+,16-14?. The van der Waals surface area contributed by atoms with Crippen molar-refractivity contribution in [2.24, 2.45) is 10.7 Å². The Bertz CT molecular complexity index is 521. The van der Waals surface area contributed by atoms with Gasteiger partial charge in [-0.3, -0.25) is 4.79 Å². The number of aliphatic imine (C=N–C) groups is 1. The van der Waals surface area contributed by atoms with E-state index in [0.29, 0.717) is 30.8 Å². The molecule has 1 saturated heterocycles. The van der Waals surface area contributed by atoms with Crippen LogP contribution in [0.2, 0.25) is 0 Å². The first kappa shape index (κ1) is 13.1. The number of hydrogen-bond donors (Lipinski definition) is 1.